The summed E-state index contributed by atoms with van der Waals surface area (Å²) in [6, 6.07) is 9.10. The highest BCUT2D eigenvalue weighted by Gasteiger charge is 2.45. The summed E-state index contributed by atoms with van der Waals surface area (Å²) >= 11 is 0. The highest BCUT2D eigenvalue weighted by Crippen LogP contribution is 2.32. The van der Waals surface area contributed by atoms with Crippen LogP contribution in [-0.2, 0) is 21.5 Å². The molecule has 6 nitrogen and oxygen atoms in total. The van der Waals surface area contributed by atoms with Gasteiger partial charge in [0.15, 0.2) is 0 Å². The summed E-state index contributed by atoms with van der Waals surface area (Å²) in [5, 5.41) is 0. The highest BCUT2D eigenvalue weighted by atomic mass is 32.2. The first-order valence-corrected chi connectivity index (χ1v) is 8.97. The number of carbonyl (C=O) groups is 1. The molecule has 2 fully saturated rings. The Balaban J connectivity index is 1.75. The molecule has 0 spiro atoms. The van der Waals surface area contributed by atoms with Gasteiger partial charge < -0.3 is 4.90 Å². The molecule has 2 aliphatic rings. The second kappa shape index (κ2) is 5.98. The van der Waals surface area contributed by atoms with Gasteiger partial charge in [0.05, 0.1) is 0 Å². The Hall–Kier alpha value is -1.44. The van der Waals surface area contributed by atoms with Gasteiger partial charge in [0.2, 0.25) is 5.91 Å². The normalized spacial score (nSPS) is 26.2. The molecule has 1 N–H and O–H groups in total. The fourth-order valence-corrected chi connectivity index (χ4v) is 4.95. The van der Waals surface area contributed by atoms with Gasteiger partial charge in [0.25, 0.3) is 10.2 Å². The number of benzene rings is 1. The molecule has 1 aromatic rings. The zero-order valence-corrected chi connectivity index (χ0v) is 13.4. The Morgan fingerprint density at radius 2 is 1.86 bits per heavy atom. The lowest BCUT2D eigenvalue weighted by molar-refractivity contribution is -0.130. The van der Waals surface area contributed by atoms with Crippen LogP contribution < -0.4 is 4.72 Å². The molecule has 2 heterocycles. The van der Waals surface area contributed by atoms with Crippen molar-refractivity contribution in [3.05, 3.63) is 35.9 Å². The SMILES string of the molecule is CN1C[C@@H]2CC[C@H](CC1=O)N2S(=O)(=O)NCc1ccccc1. The maximum atomic E-state index is 12.7. The molecule has 1 amide bonds. The Morgan fingerprint density at radius 1 is 1.18 bits per heavy atom. The lowest BCUT2D eigenvalue weighted by Crippen LogP contribution is -2.48. The van der Waals surface area contributed by atoms with Gasteiger partial charge in [-0.25, -0.2) is 0 Å². The van der Waals surface area contributed by atoms with Crippen LogP contribution in [0.2, 0.25) is 0 Å². The fourth-order valence-electron chi connectivity index (χ4n) is 3.31. The topological polar surface area (TPSA) is 69.7 Å². The van der Waals surface area contributed by atoms with Crippen molar-refractivity contribution in [2.75, 3.05) is 13.6 Å². The molecule has 2 saturated heterocycles. The van der Waals surface area contributed by atoms with E-state index in [-0.39, 0.29) is 31.0 Å². The third-order valence-corrected chi connectivity index (χ3v) is 6.11. The summed E-state index contributed by atoms with van der Waals surface area (Å²) in [6.07, 6.45) is 1.85. The van der Waals surface area contributed by atoms with Crippen molar-refractivity contribution in [2.45, 2.75) is 37.9 Å². The molecule has 0 saturated carbocycles. The van der Waals surface area contributed by atoms with E-state index in [2.05, 4.69) is 4.72 Å². The predicted octanol–water partition coefficient (Wildman–Crippen LogP) is 0.716. The maximum absolute atomic E-state index is 12.7. The van der Waals surface area contributed by atoms with Gasteiger partial charge in [-0.1, -0.05) is 30.3 Å². The number of likely N-dealkylation sites (tertiary alicyclic amines) is 1. The molecule has 22 heavy (non-hydrogen) atoms. The van der Waals surface area contributed by atoms with E-state index in [1.807, 2.05) is 30.3 Å². The maximum Gasteiger partial charge on any atom is 0.280 e. The molecule has 120 valence electrons. The van der Waals surface area contributed by atoms with Crippen LogP contribution in [0.5, 0.6) is 0 Å². The smallest absolute Gasteiger partial charge is 0.280 e. The molecule has 3 rings (SSSR count). The lowest BCUT2D eigenvalue weighted by Gasteiger charge is -2.27. The molecule has 7 heteroatoms. The van der Waals surface area contributed by atoms with E-state index < -0.39 is 10.2 Å². The van der Waals surface area contributed by atoms with Gasteiger partial charge in [0, 0.05) is 38.6 Å². The minimum absolute atomic E-state index is 0.0236. The first-order chi connectivity index (χ1) is 10.5. The van der Waals surface area contributed by atoms with Crippen LogP contribution in [0.15, 0.2) is 30.3 Å². The number of nitrogens with one attached hydrogen (secondary N) is 1. The lowest BCUT2D eigenvalue weighted by atomic mass is 10.1. The summed E-state index contributed by atoms with van der Waals surface area (Å²) in [7, 11) is -1.84. The molecule has 0 aliphatic carbocycles. The van der Waals surface area contributed by atoms with Crippen molar-refractivity contribution in [2.24, 2.45) is 0 Å². The Morgan fingerprint density at radius 3 is 2.59 bits per heavy atom. The summed E-state index contributed by atoms with van der Waals surface area (Å²) in [4.78, 5) is 13.6. The monoisotopic (exact) mass is 323 g/mol. The van der Waals surface area contributed by atoms with Crippen molar-refractivity contribution in [3.63, 3.8) is 0 Å². The fraction of sp³-hybridized carbons (Fsp3) is 0.533. The van der Waals surface area contributed by atoms with E-state index in [4.69, 9.17) is 0 Å². The van der Waals surface area contributed by atoms with Crippen molar-refractivity contribution >= 4 is 16.1 Å². The molecule has 0 aromatic heterocycles. The zero-order chi connectivity index (χ0) is 15.7. The predicted molar refractivity (Wildman–Crippen MR) is 83.1 cm³/mol. The van der Waals surface area contributed by atoms with E-state index in [0.717, 1.165) is 18.4 Å². The standard InChI is InChI=1S/C15H21N3O3S/c1-17-11-14-8-7-13(9-15(17)19)18(14)22(20,21)16-10-12-5-3-2-4-6-12/h2-6,13-14,16H,7-11H2,1H3/t13-,14+/m1/s1. The van der Waals surface area contributed by atoms with Crippen LogP contribution in [0.3, 0.4) is 0 Å². The number of amides is 1. The van der Waals surface area contributed by atoms with Crippen LogP contribution in [0.25, 0.3) is 0 Å². The van der Waals surface area contributed by atoms with E-state index in [9.17, 15) is 13.2 Å². The quantitative estimate of drug-likeness (QED) is 0.887. The van der Waals surface area contributed by atoms with Crippen molar-refractivity contribution in [1.82, 2.24) is 13.9 Å². The zero-order valence-electron chi connectivity index (χ0n) is 12.6. The average Bonchev–Trinajstić information content (AvgIpc) is 2.83. The van der Waals surface area contributed by atoms with E-state index >= 15 is 0 Å². The van der Waals surface area contributed by atoms with Crippen LogP contribution in [0, 0.1) is 0 Å². The minimum Gasteiger partial charge on any atom is -0.344 e. The molecule has 2 atom stereocenters. The van der Waals surface area contributed by atoms with Crippen molar-refractivity contribution in [3.8, 4) is 0 Å². The third kappa shape index (κ3) is 3.02. The number of nitrogens with zero attached hydrogens (tertiary/aromatic N) is 2. The van der Waals surface area contributed by atoms with Crippen LogP contribution in [0.1, 0.15) is 24.8 Å². The van der Waals surface area contributed by atoms with Gasteiger partial charge in [-0.15, -0.1) is 0 Å². The highest BCUT2D eigenvalue weighted by molar-refractivity contribution is 7.87. The molecule has 0 radical (unpaired) electrons. The molecule has 1 aromatic carbocycles. The largest absolute Gasteiger partial charge is 0.344 e. The first-order valence-electron chi connectivity index (χ1n) is 7.53. The summed E-state index contributed by atoms with van der Waals surface area (Å²) in [5.74, 6) is 0.0236. The molecular weight excluding hydrogens is 302 g/mol. The van der Waals surface area contributed by atoms with E-state index in [1.54, 1.807) is 11.9 Å². The number of carbonyl (C=O) groups excluding carboxylic acids is 1. The molecule has 0 unspecified atom stereocenters. The van der Waals surface area contributed by atoms with Crippen LogP contribution in [-0.4, -0.2) is 49.2 Å². The van der Waals surface area contributed by atoms with Gasteiger partial charge in [0.1, 0.15) is 0 Å². The van der Waals surface area contributed by atoms with Gasteiger partial charge in [-0.3, -0.25) is 4.79 Å². The third-order valence-electron chi connectivity index (χ3n) is 4.45. The summed E-state index contributed by atoms with van der Waals surface area (Å²) in [6.45, 7) is 0.741. The Bertz CT molecular complexity index is 647. The van der Waals surface area contributed by atoms with Crippen molar-refractivity contribution < 1.29 is 13.2 Å². The number of hydrogen-bond acceptors (Lipinski definition) is 3. The van der Waals surface area contributed by atoms with Crippen molar-refractivity contribution in [1.29, 1.82) is 0 Å². The van der Waals surface area contributed by atoms with E-state index in [0.29, 0.717) is 6.54 Å². The summed E-state index contributed by atoms with van der Waals surface area (Å²) in [5.41, 5.74) is 0.918. The number of fused-ring (bicyclic) bond motifs is 2. The molecule has 2 bridgehead atoms. The minimum atomic E-state index is -3.58. The molecule has 2 aliphatic heterocycles. The first kappa shape index (κ1) is 15.5. The average molecular weight is 323 g/mol. The van der Waals surface area contributed by atoms with Crippen LogP contribution in [0.4, 0.5) is 0 Å². The second-order valence-corrected chi connectivity index (χ2v) is 7.67. The second-order valence-electron chi connectivity index (χ2n) is 6.01. The number of rotatable bonds is 4. The Labute approximate surface area is 131 Å². The van der Waals surface area contributed by atoms with E-state index in [1.165, 1.54) is 4.31 Å². The number of likely N-dealkylation sites (N-methyl/N-ethyl adjacent to an activating group) is 1. The van der Waals surface area contributed by atoms with Crippen LogP contribution >= 0.6 is 0 Å². The number of hydrogen-bond donors (Lipinski definition) is 1. The summed E-state index contributed by atoms with van der Waals surface area (Å²) < 4.78 is 29.5. The Kier molecular flexibility index (Phi) is 4.20. The van der Waals surface area contributed by atoms with Gasteiger partial charge in [-0.2, -0.15) is 17.4 Å². The molecular formula is C15H21N3O3S. The van der Waals surface area contributed by atoms with Gasteiger partial charge >= 0.3 is 0 Å². The van der Waals surface area contributed by atoms with Gasteiger partial charge in [-0.05, 0) is 18.4 Å².